The first kappa shape index (κ1) is 11.4. The lowest BCUT2D eigenvalue weighted by Gasteiger charge is -2.29. The normalized spacial score (nSPS) is 23.3. The molecule has 13 heavy (non-hydrogen) atoms. The second-order valence-corrected chi connectivity index (χ2v) is 5.21. The first-order valence-corrected chi connectivity index (χ1v) is 6.32. The zero-order chi connectivity index (χ0) is 9.73. The van der Waals surface area contributed by atoms with Gasteiger partial charge < -0.3 is 0 Å². The molecular formula is C12H23Cl. The van der Waals surface area contributed by atoms with Gasteiger partial charge in [0.15, 0.2) is 0 Å². The molecule has 0 saturated heterocycles. The van der Waals surface area contributed by atoms with Crippen LogP contribution in [0.4, 0.5) is 0 Å². The molecule has 0 aliphatic heterocycles. The molecule has 0 radical (unpaired) electrons. The number of hydrogen-bond acceptors (Lipinski definition) is 0. The van der Waals surface area contributed by atoms with Gasteiger partial charge in [0.05, 0.1) is 0 Å². The van der Waals surface area contributed by atoms with E-state index in [1.54, 1.807) is 0 Å². The monoisotopic (exact) mass is 202 g/mol. The molecule has 1 unspecified atom stereocenters. The molecule has 0 aromatic heterocycles. The van der Waals surface area contributed by atoms with Gasteiger partial charge in [-0.05, 0) is 30.6 Å². The predicted octanol–water partition coefficient (Wildman–Crippen LogP) is 4.61. The molecule has 1 saturated carbocycles. The van der Waals surface area contributed by atoms with Crippen molar-refractivity contribution in [2.45, 2.75) is 58.8 Å². The molecule has 0 amide bonds. The highest BCUT2D eigenvalue weighted by Gasteiger charge is 2.33. The Bertz CT molecular complexity index is 136. The Hall–Kier alpha value is 0.290. The van der Waals surface area contributed by atoms with E-state index in [4.69, 9.17) is 11.6 Å². The van der Waals surface area contributed by atoms with Crippen LogP contribution < -0.4 is 0 Å². The Kier molecular flexibility index (Phi) is 4.58. The molecule has 1 fully saturated rings. The Balaban J connectivity index is 2.38. The largest absolute Gasteiger partial charge is 0.126 e. The van der Waals surface area contributed by atoms with Crippen LogP contribution in [0, 0.1) is 11.3 Å². The van der Waals surface area contributed by atoms with Gasteiger partial charge in [0, 0.05) is 5.88 Å². The topological polar surface area (TPSA) is 0 Å². The highest BCUT2D eigenvalue weighted by atomic mass is 35.5. The highest BCUT2D eigenvalue weighted by Crippen LogP contribution is 2.44. The zero-order valence-electron chi connectivity index (χ0n) is 9.11. The van der Waals surface area contributed by atoms with Gasteiger partial charge >= 0.3 is 0 Å². The molecule has 1 aliphatic rings. The van der Waals surface area contributed by atoms with E-state index in [9.17, 15) is 0 Å². The number of rotatable bonds is 5. The van der Waals surface area contributed by atoms with Crippen LogP contribution in [0.15, 0.2) is 0 Å². The molecule has 0 bridgehead atoms. The SMILES string of the molecule is CCCC(C)CC1(CCl)CCCC1. The first-order chi connectivity index (χ1) is 6.22. The molecule has 1 rings (SSSR count). The van der Waals surface area contributed by atoms with E-state index in [0.29, 0.717) is 5.41 Å². The lowest BCUT2D eigenvalue weighted by molar-refractivity contribution is 0.252. The summed E-state index contributed by atoms with van der Waals surface area (Å²) in [5.74, 6) is 1.77. The van der Waals surface area contributed by atoms with Gasteiger partial charge in [-0.1, -0.05) is 39.5 Å². The summed E-state index contributed by atoms with van der Waals surface area (Å²) in [6.45, 7) is 4.66. The van der Waals surface area contributed by atoms with Crippen molar-refractivity contribution < 1.29 is 0 Å². The van der Waals surface area contributed by atoms with E-state index in [-0.39, 0.29) is 0 Å². The summed E-state index contributed by atoms with van der Waals surface area (Å²) < 4.78 is 0. The molecule has 0 N–H and O–H groups in total. The summed E-state index contributed by atoms with van der Waals surface area (Å²) >= 11 is 6.11. The molecule has 1 atom stereocenters. The lowest BCUT2D eigenvalue weighted by atomic mass is 9.79. The van der Waals surface area contributed by atoms with E-state index in [1.165, 1.54) is 44.9 Å². The Morgan fingerprint density at radius 1 is 1.31 bits per heavy atom. The second-order valence-electron chi connectivity index (χ2n) is 4.94. The Labute approximate surface area is 88.1 Å². The maximum Gasteiger partial charge on any atom is 0.0280 e. The fourth-order valence-corrected chi connectivity index (χ4v) is 3.23. The average Bonchev–Trinajstić information content (AvgIpc) is 2.54. The third-order valence-corrected chi connectivity index (χ3v) is 4.08. The van der Waals surface area contributed by atoms with Crippen LogP contribution in [0.1, 0.15) is 58.8 Å². The van der Waals surface area contributed by atoms with Gasteiger partial charge in [-0.3, -0.25) is 0 Å². The van der Waals surface area contributed by atoms with Crippen LogP contribution in [0.3, 0.4) is 0 Å². The molecular weight excluding hydrogens is 180 g/mol. The molecule has 78 valence electrons. The van der Waals surface area contributed by atoms with E-state index < -0.39 is 0 Å². The molecule has 0 aromatic rings. The Morgan fingerprint density at radius 2 is 1.92 bits per heavy atom. The van der Waals surface area contributed by atoms with Crippen molar-refractivity contribution in [3.63, 3.8) is 0 Å². The van der Waals surface area contributed by atoms with Crippen LogP contribution in [0.2, 0.25) is 0 Å². The molecule has 0 heterocycles. The van der Waals surface area contributed by atoms with Crippen molar-refractivity contribution in [2.24, 2.45) is 11.3 Å². The molecule has 0 nitrogen and oxygen atoms in total. The molecule has 1 heteroatoms. The second kappa shape index (κ2) is 5.24. The number of halogens is 1. The number of alkyl halides is 1. The maximum absolute atomic E-state index is 6.11. The van der Waals surface area contributed by atoms with Crippen molar-refractivity contribution in [1.29, 1.82) is 0 Å². The Morgan fingerprint density at radius 3 is 2.38 bits per heavy atom. The minimum atomic E-state index is 0.524. The van der Waals surface area contributed by atoms with Gasteiger partial charge in [-0.2, -0.15) is 0 Å². The van der Waals surface area contributed by atoms with Crippen LogP contribution in [-0.2, 0) is 0 Å². The van der Waals surface area contributed by atoms with E-state index >= 15 is 0 Å². The zero-order valence-corrected chi connectivity index (χ0v) is 9.87. The van der Waals surface area contributed by atoms with Crippen LogP contribution in [0.5, 0.6) is 0 Å². The van der Waals surface area contributed by atoms with Crippen molar-refractivity contribution in [3.8, 4) is 0 Å². The van der Waals surface area contributed by atoms with Crippen molar-refractivity contribution in [2.75, 3.05) is 5.88 Å². The fourth-order valence-electron chi connectivity index (χ4n) is 2.85. The summed E-state index contributed by atoms with van der Waals surface area (Å²) in [4.78, 5) is 0. The summed E-state index contributed by atoms with van der Waals surface area (Å²) in [5, 5.41) is 0. The summed E-state index contributed by atoms with van der Waals surface area (Å²) in [6, 6.07) is 0. The maximum atomic E-state index is 6.11. The van der Waals surface area contributed by atoms with Gasteiger partial charge in [0.25, 0.3) is 0 Å². The molecule has 0 aromatic carbocycles. The minimum absolute atomic E-state index is 0.524. The van der Waals surface area contributed by atoms with Gasteiger partial charge in [-0.25, -0.2) is 0 Å². The van der Waals surface area contributed by atoms with Crippen molar-refractivity contribution in [1.82, 2.24) is 0 Å². The summed E-state index contributed by atoms with van der Waals surface area (Å²) in [7, 11) is 0. The van der Waals surface area contributed by atoms with Crippen LogP contribution in [0.25, 0.3) is 0 Å². The predicted molar refractivity (Wildman–Crippen MR) is 60.3 cm³/mol. The van der Waals surface area contributed by atoms with Crippen LogP contribution >= 0.6 is 11.6 Å². The fraction of sp³-hybridized carbons (Fsp3) is 1.00. The highest BCUT2D eigenvalue weighted by molar-refractivity contribution is 6.18. The van der Waals surface area contributed by atoms with Crippen LogP contribution in [-0.4, -0.2) is 5.88 Å². The van der Waals surface area contributed by atoms with E-state index in [0.717, 1.165) is 11.8 Å². The third kappa shape index (κ3) is 3.16. The lowest BCUT2D eigenvalue weighted by Crippen LogP contribution is -2.21. The van der Waals surface area contributed by atoms with Gasteiger partial charge in [0.1, 0.15) is 0 Å². The summed E-state index contributed by atoms with van der Waals surface area (Å²) in [6.07, 6.45) is 9.63. The average molecular weight is 203 g/mol. The standard InChI is InChI=1S/C12H23Cl/c1-3-6-11(2)9-12(10-13)7-4-5-8-12/h11H,3-10H2,1-2H3. The van der Waals surface area contributed by atoms with Crippen molar-refractivity contribution >= 4 is 11.6 Å². The summed E-state index contributed by atoms with van der Waals surface area (Å²) in [5.41, 5.74) is 0.524. The number of hydrogen-bond donors (Lipinski definition) is 0. The smallest absolute Gasteiger partial charge is 0.0280 e. The van der Waals surface area contributed by atoms with E-state index in [2.05, 4.69) is 13.8 Å². The van der Waals surface area contributed by atoms with Gasteiger partial charge in [-0.15, -0.1) is 11.6 Å². The third-order valence-electron chi connectivity index (χ3n) is 3.51. The first-order valence-electron chi connectivity index (χ1n) is 5.78. The molecule has 1 aliphatic carbocycles. The minimum Gasteiger partial charge on any atom is -0.126 e. The molecule has 0 spiro atoms. The van der Waals surface area contributed by atoms with Crippen molar-refractivity contribution in [3.05, 3.63) is 0 Å². The quantitative estimate of drug-likeness (QED) is 0.571. The van der Waals surface area contributed by atoms with E-state index in [1.807, 2.05) is 0 Å². The van der Waals surface area contributed by atoms with Gasteiger partial charge in [0.2, 0.25) is 0 Å².